The molecular weight excluding hydrogens is 282 g/mol. The van der Waals surface area contributed by atoms with Crippen molar-refractivity contribution in [1.82, 2.24) is 0 Å². The van der Waals surface area contributed by atoms with E-state index in [9.17, 15) is 4.79 Å². The van der Waals surface area contributed by atoms with Gasteiger partial charge >= 0.3 is 5.97 Å². The molecule has 0 aliphatic carbocycles. The molecule has 21 heavy (non-hydrogen) atoms. The van der Waals surface area contributed by atoms with Crippen molar-refractivity contribution in [3.05, 3.63) is 63.5 Å². The molecule has 2 aromatic rings. The molecule has 0 spiro atoms. The first kappa shape index (κ1) is 13.8. The van der Waals surface area contributed by atoms with Gasteiger partial charge in [0.2, 0.25) is 0 Å². The number of hydrogen-bond donors (Lipinski definition) is 0. The fraction of sp³-hybridized carbons (Fsp3) is 0.176. The second-order valence-corrected chi connectivity index (χ2v) is 5.91. The molecule has 1 aliphatic heterocycles. The van der Waals surface area contributed by atoms with E-state index in [-0.39, 0.29) is 5.97 Å². The number of aryl methyl sites for hydroxylation is 2. The van der Waals surface area contributed by atoms with Crippen LogP contribution < -0.4 is 0 Å². The molecule has 0 fully saturated rings. The van der Waals surface area contributed by atoms with Crippen molar-refractivity contribution >= 4 is 29.3 Å². The molecule has 0 saturated heterocycles. The highest BCUT2D eigenvalue weighted by Gasteiger charge is 2.22. The van der Waals surface area contributed by atoms with Gasteiger partial charge in [0.05, 0.1) is 0 Å². The molecule has 0 N–H and O–H groups in total. The highest BCUT2D eigenvalue weighted by molar-refractivity contribution is 7.10. The maximum absolute atomic E-state index is 11.8. The number of aliphatic imine (C=N–C) groups is 1. The van der Waals surface area contributed by atoms with E-state index in [0.29, 0.717) is 18.0 Å². The zero-order chi connectivity index (χ0) is 14.7. The smallest absolute Gasteiger partial charge is 0.363 e. The Morgan fingerprint density at radius 2 is 2.14 bits per heavy atom. The summed E-state index contributed by atoms with van der Waals surface area (Å²) in [6, 6.07) is 12.2. The summed E-state index contributed by atoms with van der Waals surface area (Å²) in [5.74, 6) is 0.145. The largest absolute Gasteiger partial charge is 0.407 e. The van der Waals surface area contributed by atoms with Gasteiger partial charge in [-0.2, -0.15) is 0 Å². The van der Waals surface area contributed by atoms with E-state index in [1.165, 1.54) is 11.1 Å². The van der Waals surface area contributed by atoms with Crippen LogP contribution in [0.2, 0.25) is 0 Å². The van der Waals surface area contributed by atoms with Crippen molar-refractivity contribution in [1.29, 1.82) is 0 Å². The Labute approximate surface area is 127 Å². The minimum Gasteiger partial charge on any atom is -0.407 e. The summed E-state index contributed by atoms with van der Waals surface area (Å²) in [5, 5.41) is 1.97. The molecular formula is C17H15NO2S. The molecule has 0 saturated carbocycles. The zero-order valence-electron chi connectivity index (χ0n) is 11.7. The van der Waals surface area contributed by atoms with E-state index in [4.69, 9.17) is 4.74 Å². The third-order valence-corrected chi connectivity index (χ3v) is 4.02. The van der Waals surface area contributed by atoms with Crippen LogP contribution in [-0.2, 0) is 16.0 Å². The maximum Gasteiger partial charge on any atom is 0.363 e. The zero-order valence-corrected chi connectivity index (χ0v) is 12.5. The van der Waals surface area contributed by atoms with Crippen molar-refractivity contribution in [2.24, 2.45) is 4.99 Å². The second kappa shape index (κ2) is 6.06. The van der Waals surface area contributed by atoms with E-state index in [1.54, 1.807) is 17.4 Å². The fourth-order valence-corrected chi connectivity index (χ4v) is 2.84. The Bertz CT molecular complexity index is 714. The summed E-state index contributed by atoms with van der Waals surface area (Å²) in [5.41, 5.74) is 2.84. The third-order valence-electron chi connectivity index (χ3n) is 3.20. The summed E-state index contributed by atoms with van der Waals surface area (Å²) >= 11 is 1.57. The molecule has 0 amide bonds. The Balaban J connectivity index is 1.68. The number of esters is 1. The lowest BCUT2D eigenvalue weighted by Gasteiger charge is -2.01. The van der Waals surface area contributed by atoms with E-state index >= 15 is 0 Å². The normalized spacial score (nSPS) is 16.1. The standard InChI is InChI=1S/C17H15NO2S/c1-12-4-2-5-13(10-12)7-8-16-18-15(17(19)20-16)11-14-6-3-9-21-14/h2-6,9-11H,7-8H2,1H3/b15-11+. The Morgan fingerprint density at radius 1 is 1.24 bits per heavy atom. The van der Waals surface area contributed by atoms with Gasteiger partial charge in [0.25, 0.3) is 0 Å². The average molecular weight is 297 g/mol. The SMILES string of the molecule is Cc1cccc(CCC2=N/C(=C/c3cccs3)C(=O)O2)c1. The number of carbonyl (C=O) groups excluding carboxylic acids is 1. The van der Waals surface area contributed by atoms with Crippen molar-refractivity contribution < 1.29 is 9.53 Å². The minimum absolute atomic E-state index is 0.359. The van der Waals surface area contributed by atoms with Crippen LogP contribution in [0.4, 0.5) is 0 Å². The molecule has 4 heteroatoms. The van der Waals surface area contributed by atoms with Crippen molar-refractivity contribution in [3.63, 3.8) is 0 Å². The van der Waals surface area contributed by atoms with Gasteiger partial charge in [-0.25, -0.2) is 9.79 Å². The van der Waals surface area contributed by atoms with Gasteiger partial charge in [-0.3, -0.25) is 0 Å². The lowest BCUT2D eigenvalue weighted by molar-refractivity contribution is -0.130. The summed E-state index contributed by atoms with van der Waals surface area (Å²) in [6.45, 7) is 2.07. The highest BCUT2D eigenvalue weighted by atomic mass is 32.1. The predicted molar refractivity (Wildman–Crippen MR) is 85.3 cm³/mol. The number of rotatable bonds is 4. The van der Waals surface area contributed by atoms with Gasteiger partial charge in [0.1, 0.15) is 0 Å². The molecule has 1 aromatic carbocycles. The first-order chi connectivity index (χ1) is 10.2. The number of carbonyl (C=O) groups is 1. The molecule has 0 atom stereocenters. The Hall–Kier alpha value is -2.20. The summed E-state index contributed by atoms with van der Waals surface area (Å²) in [4.78, 5) is 17.1. The van der Waals surface area contributed by atoms with Gasteiger partial charge in [-0.05, 0) is 36.4 Å². The fourth-order valence-electron chi connectivity index (χ4n) is 2.19. The minimum atomic E-state index is -0.359. The number of cyclic esters (lactones) is 1. The van der Waals surface area contributed by atoms with Crippen molar-refractivity contribution in [2.45, 2.75) is 19.8 Å². The molecule has 1 aromatic heterocycles. The lowest BCUT2D eigenvalue weighted by atomic mass is 10.1. The molecule has 1 aliphatic rings. The topological polar surface area (TPSA) is 38.7 Å². The Kier molecular flexibility index (Phi) is 3.97. The van der Waals surface area contributed by atoms with Crippen LogP contribution in [0, 0.1) is 6.92 Å². The summed E-state index contributed by atoms with van der Waals surface area (Å²) in [6.07, 6.45) is 3.23. The molecule has 0 unspecified atom stereocenters. The first-order valence-electron chi connectivity index (χ1n) is 6.81. The van der Waals surface area contributed by atoms with Gasteiger partial charge in [-0.15, -0.1) is 11.3 Å². The molecule has 2 heterocycles. The quantitative estimate of drug-likeness (QED) is 0.632. The van der Waals surface area contributed by atoms with Crippen LogP contribution in [-0.4, -0.2) is 11.9 Å². The monoisotopic (exact) mass is 297 g/mol. The molecule has 0 bridgehead atoms. The van der Waals surface area contributed by atoms with Crippen LogP contribution in [0.25, 0.3) is 6.08 Å². The van der Waals surface area contributed by atoms with Crippen LogP contribution in [0.15, 0.2) is 52.5 Å². The number of nitrogens with zero attached hydrogens (tertiary/aromatic N) is 1. The maximum atomic E-state index is 11.8. The van der Waals surface area contributed by atoms with E-state index < -0.39 is 0 Å². The van der Waals surface area contributed by atoms with E-state index in [0.717, 1.165) is 11.3 Å². The Morgan fingerprint density at radius 3 is 2.90 bits per heavy atom. The first-order valence-corrected chi connectivity index (χ1v) is 7.69. The van der Waals surface area contributed by atoms with Crippen LogP contribution in [0.1, 0.15) is 22.4 Å². The third kappa shape index (κ3) is 3.47. The van der Waals surface area contributed by atoms with Crippen LogP contribution in [0.3, 0.4) is 0 Å². The molecule has 0 radical (unpaired) electrons. The lowest BCUT2D eigenvalue weighted by Crippen LogP contribution is -2.05. The number of benzene rings is 1. The average Bonchev–Trinajstić information content (AvgIpc) is 3.08. The second-order valence-electron chi connectivity index (χ2n) is 4.93. The van der Waals surface area contributed by atoms with Gasteiger partial charge < -0.3 is 4.74 Å². The van der Waals surface area contributed by atoms with Gasteiger partial charge in [0.15, 0.2) is 11.6 Å². The van der Waals surface area contributed by atoms with Crippen molar-refractivity contribution in [3.8, 4) is 0 Å². The molecule has 106 valence electrons. The highest BCUT2D eigenvalue weighted by Crippen LogP contribution is 2.20. The number of ether oxygens (including phenoxy) is 1. The van der Waals surface area contributed by atoms with Crippen LogP contribution in [0.5, 0.6) is 0 Å². The van der Waals surface area contributed by atoms with Gasteiger partial charge in [0, 0.05) is 11.3 Å². The van der Waals surface area contributed by atoms with Gasteiger partial charge in [-0.1, -0.05) is 35.9 Å². The van der Waals surface area contributed by atoms with E-state index in [2.05, 4.69) is 30.1 Å². The summed E-state index contributed by atoms with van der Waals surface area (Å²) in [7, 11) is 0. The van der Waals surface area contributed by atoms with Crippen LogP contribution >= 0.6 is 11.3 Å². The summed E-state index contributed by atoms with van der Waals surface area (Å²) < 4.78 is 5.22. The number of thiophene rings is 1. The van der Waals surface area contributed by atoms with E-state index in [1.807, 2.05) is 23.6 Å². The number of hydrogen-bond acceptors (Lipinski definition) is 4. The molecule has 3 nitrogen and oxygen atoms in total. The van der Waals surface area contributed by atoms with Crippen molar-refractivity contribution in [2.75, 3.05) is 0 Å². The predicted octanol–water partition coefficient (Wildman–Crippen LogP) is 3.99. The molecule has 3 rings (SSSR count).